The average molecular weight is 295 g/mol. The molecule has 1 aliphatic rings. The fraction of sp³-hybridized carbons (Fsp3) is 0.500. The molecule has 2 rings (SSSR count). The van der Waals surface area contributed by atoms with Gasteiger partial charge in [-0.15, -0.1) is 0 Å². The summed E-state index contributed by atoms with van der Waals surface area (Å²) in [5.74, 6) is 0. The van der Waals surface area contributed by atoms with Crippen molar-refractivity contribution in [2.24, 2.45) is 0 Å². The number of aromatic nitrogens is 1. The summed E-state index contributed by atoms with van der Waals surface area (Å²) in [5, 5.41) is 3.40. The van der Waals surface area contributed by atoms with Crippen LogP contribution in [0.25, 0.3) is 0 Å². The number of pyridine rings is 1. The van der Waals surface area contributed by atoms with Crippen molar-refractivity contribution in [1.29, 1.82) is 0 Å². The number of nitrogens with one attached hydrogen (secondary N) is 1. The van der Waals surface area contributed by atoms with Crippen LogP contribution in [0.4, 0.5) is 0 Å². The zero-order chi connectivity index (χ0) is 12.1. The molecule has 0 fully saturated rings. The van der Waals surface area contributed by atoms with Crippen molar-refractivity contribution in [1.82, 2.24) is 10.3 Å². The summed E-state index contributed by atoms with van der Waals surface area (Å²) in [5.41, 5.74) is 2.59. The molecule has 0 aromatic carbocycles. The summed E-state index contributed by atoms with van der Waals surface area (Å²) < 4.78 is 1.09. The maximum atomic E-state index is 4.51. The highest BCUT2D eigenvalue weighted by Gasteiger charge is 2.19. The van der Waals surface area contributed by atoms with Gasteiger partial charge in [-0.05, 0) is 60.8 Å². The fourth-order valence-electron chi connectivity index (χ4n) is 2.41. The van der Waals surface area contributed by atoms with Crippen LogP contribution in [-0.2, 0) is 0 Å². The van der Waals surface area contributed by atoms with Crippen molar-refractivity contribution in [2.75, 3.05) is 7.05 Å². The number of hydrogen-bond donors (Lipinski definition) is 1. The van der Waals surface area contributed by atoms with Crippen LogP contribution in [0.5, 0.6) is 0 Å². The zero-order valence-electron chi connectivity index (χ0n) is 10.2. The molecule has 1 aromatic heterocycles. The minimum atomic E-state index is 0.253. The predicted molar refractivity (Wildman–Crippen MR) is 74.9 cm³/mol. The van der Waals surface area contributed by atoms with Gasteiger partial charge in [-0.2, -0.15) is 0 Å². The number of allylic oxidation sites excluding steroid dienone is 1. The van der Waals surface area contributed by atoms with E-state index < -0.39 is 0 Å². The van der Waals surface area contributed by atoms with Crippen molar-refractivity contribution in [3.05, 3.63) is 40.1 Å². The smallest absolute Gasteiger partial charge is 0.0756 e. The van der Waals surface area contributed by atoms with E-state index in [1.165, 1.54) is 37.7 Å². The molecule has 0 radical (unpaired) electrons. The van der Waals surface area contributed by atoms with E-state index in [1.54, 1.807) is 0 Å². The highest BCUT2D eigenvalue weighted by molar-refractivity contribution is 9.10. The summed E-state index contributed by atoms with van der Waals surface area (Å²) in [6, 6.07) is 4.27. The number of hydrogen-bond acceptors (Lipinski definition) is 2. The molecule has 0 aliphatic heterocycles. The molecule has 1 heterocycles. The minimum absolute atomic E-state index is 0.253. The molecule has 92 valence electrons. The van der Waals surface area contributed by atoms with E-state index in [2.05, 4.69) is 38.4 Å². The van der Waals surface area contributed by atoms with E-state index >= 15 is 0 Å². The van der Waals surface area contributed by atoms with E-state index in [-0.39, 0.29) is 6.04 Å². The van der Waals surface area contributed by atoms with Gasteiger partial charge in [0.1, 0.15) is 0 Å². The van der Waals surface area contributed by atoms with Crippen molar-refractivity contribution in [2.45, 2.75) is 38.1 Å². The van der Waals surface area contributed by atoms with Crippen molar-refractivity contribution < 1.29 is 0 Å². The normalized spacial score (nSPS) is 18.4. The summed E-state index contributed by atoms with van der Waals surface area (Å²) in [4.78, 5) is 4.51. The van der Waals surface area contributed by atoms with Gasteiger partial charge in [-0.3, -0.25) is 4.98 Å². The molecule has 1 atom stereocenters. The number of likely N-dealkylation sites (N-methyl/N-ethyl adjacent to an activating group) is 1. The van der Waals surface area contributed by atoms with Crippen molar-refractivity contribution in [3.8, 4) is 0 Å². The molecular formula is C14H19BrN2. The zero-order valence-corrected chi connectivity index (χ0v) is 11.8. The largest absolute Gasteiger partial charge is 0.308 e. The van der Waals surface area contributed by atoms with Crippen LogP contribution in [0.2, 0.25) is 0 Å². The van der Waals surface area contributed by atoms with Gasteiger partial charge < -0.3 is 5.32 Å². The van der Waals surface area contributed by atoms with Crippen LogP contribution in [0.1, 0.15) is 43.8 Å². The first kappa shape index (κ1) is 12.8. The maximum Gasteiger partial charge on any atom is 0.0756 e. The molecule has 2 nitrogen and oxygen atoms in total. The second kappa shape index (κ2) is 6.31. The first-order valence-electron chi connectivity index (χ1n) is 6.29. The predicted octanol–water partition coefficient (Wildman–Crippen LogP) is 4.00. The highest BCUT2D eigenvalue weighted by atomic mass is 79.9. The van der Waals surface area contributed by atoms with Gasteiger partial charge in [0, 0.05) is 10.7 Å². The van der Waals surface area contributed by atoms with Crippen LogP contribution in [0.15, 0.2) is 34.5 Å². The Morgan fingerprint density at radius 3 is 3.00 bits per heavy atom. The van der Waals surface area contributed by atoms with Gasteiger partial charge in [0.2, 0.25) is 0 Å². The lowest BCUT2D eigenvalue weighted by atomic mass is 9.99. The van der Waals surface area contributed by atoms with E-state index in [9.17, 15) is 0 Å². The van der Waals surface area contributed by atoms with Gasteiger partial charge in [0.15, 0.2) is 0 Å². The molecule has 0 amide bonds. The van der Waals surface area contributed by atoms with Crippen molar-refractivity contribution in [3.63, 3.8) is 0 Å². The number of halogens is 1. The van der Waals surface area contributed by atoms with Gasteiger partial charge in [0.05, 0.1) is 11.7 Å². The van der Waals surface area contributed by atoms with E-state index in [1.807, 2.05) is 19.3 Å². The third-order valence-corrected chi connectivity index (χ3v) is 3.97. The first-order valence-corrected chi connectivity index (χ1v) is 7.09. The third-order valence-electron chi connectivity index (χ3n) is 3.30. The molecule has 1 aliphatic carbocycles. The van der Waals surface area contributed by atoms with Crippen LogP contribution in [-0.4, -0.2) is 12.0 Å². The lowest BCUT2D eigenvalue weighted by Gasteiger charge is -2.20. The van der Waals surface area contributed by atoms with Crippen LogP contribution in [0.3, 0.4) is 0 Å². The maximum absolute atomic E-state index is 4.51. The summed E-state index contributed by atoms with van der Waals surface area (Å²) in [7, 11) is 2.01. The molecule has 1 N–H and O–H groups in total. The molecule has 0 bridgehead atoms. The van der Waals surface area contributed by atoms with Gasteiger partial charge in [-0.1, -0.05) is 18.1 Å². The van der Waals surface area contributed by atoms with Crippen LogP contribution >= 0.6 is 15.9 Å². The average Bonchev–Trinajstić information content (AvgIpc) is 2.62. The molecular weight excluding hydrogens is 276 g/mol. The van der Waals surface area contributed by atoms with E-state index in [0.717, 1.165) is 10.2 Å². The van der Waals surface area contributed by atoms with Gasteiger partial charge in [-0.25, -0.2) is 0 Å². The van der Waals surface area contributed by atoms with Crippen molar-refractivity contribution >= 4 is 15.9 Å². The summed E-state index contributed by atoms with van der Waals surface area (Å²) in [6.07, 6.45) is 10.6. The Bertz CT molecular complexity index is 401. The Morgan fingerprint density at radius 1 is 1.35 bits per heavy atom. The molecule has 1 aromatic rings. The molecule has 3 heteroatoms. The minimum Gasteiger partial charge on any atom is -0.308 e. The number of rotatable bonds is 3. The third kappa shape index (κ3) is 3.17. The lowest BCUT2D eigenvalue weighted by Crippen LogP contribution is -2.20. The Labute approximate surface area is 112 Å². The second-order valence-electron chi connectivity index (χ2n) is 4.47. The van der Waals surface area contributed by atoms with Crippen LogP contribution < -0.4 is 5.32 Å². The van der Waals surface area contributed by atoms with E-state index in [0.29, 0.717) is 0 Å². The molecule has 0 saturated heterocycles. The molecule has 1 unspecified atom stereocenters. The van der Waals surface area contributed by atoms with Gasteiger partial charge in [0.25, 0.3) is 0 Å². The Kier molecular flexibility index (Phi) is 4.75. The molecule has 0 saturated carbocycles. The molecule has 0 spiro atoms. The van der Waals surface area contributed by atoms with Gasteiger partial charge >= 0.3 is 0 Å². The topological polar surface area (TPSA) is 24.9 Å². The second-order valence-corrected chi connectivity index (χ2v) is 5.32. The highest BCUT2D eigenvalue weighted by Crippen LogP contribution is 2.31. The Hall–Kier alpha value is -0.670. The standard InChI is InChI=1S/C14H19BrN2/c1-16-13(11-7-4-2-3-5-8-11)14-12(15)9-6-10-17-14/h6-7,9-10,13,16H,2-5,8H2,1H3. The Balaban J connectivity index is 2.26. The molecule has 17 heavy (non-hydrogen) atoms. The quantitative estimate of drug-likeness (QED) is 0.853. The first-order chi connectivity index (χ1) is 8.33. The van der Waals surface area contributed by atoms with E-state index in [4.69, 9.17) is 0 Å². The summed E-state index contributed by atoms with van der Waals surface area (Å²) >= 11 is 3.59. The number of nitrogens with zero attached hydrogens (tertiary/aromatic N) is 1. The van der Waals surface area contributed by atoms with Crippen LogP contribution in [0, 0.1) is 0 Å². The lowest BCUT2D eigenvalue weighted by molar-refractivity contribution is 0.613. The Morgan fingerprint density at radius 2 is 2.24 bits per heavy atom. The summed E-state index contributed by atoms with van der Waals surface area (Å²) in [6.45, 7) is 0. The monoisotopic (exact) mass is 294 g/mol. The SMILES string of the molecule is CNC(C1=CCCCCC1)c1ncccc1Br. The fourth-order valence-corrected chi connectivity index (χ4v) is 2.89.